The third-order valence-electron chi connectivity index (χ3n) is 3.92. The summed E-state index contributed by atoms with van der Waals surface area (Å²) in [5.74, 6) is -0.265. The van der Waals surface area contributed by atoms with Gasteiger partial charge >= 0.3 is 5.97 Å². The quantitative estimate of drug-likeness (QED) is 0.289. The molecule has 0 aromatic rings. The number of methoxy groups -OCH3 is 1. The summed E-state index contributed by atoms with van der Waals surface area (Å²) >= 11 is 0. The Labute approximate surface area is 141 Å². The Morgan fingerprint density at radius 2 is 1.26 bits per heavy atom. The molecule has 0 spiro atoms. The van der Waals surface area contributed by atoms with Gasteiger partial charge in [-0.05, 0) is 18.1 Å². The van der Waals surface area contributed by atoms with Gasteiger partial charge in [-0.25, -0.2) is 0 Å². The van der Waals surface area contributed by atoms with Crippen molar-refractivity contribution in [2.45, 2.75) is 45.3 Å². The first-order valence-electron chi connectivity index (χ1n) is 8.14. The molecular weight excluding hydrogens is 316 g/mol. The lowest BCUT2D eigenvalue weighted by molar-refractivity contribution is -0.141. The van der Waals surface area contributed by atoms with Gasteiger partial charge in [-0.15, -0.1) is 0 Å². The number of esters is 1. The Morgan fingerprint density at radius 3 is 1.70 bits per heavy atom. The SMILES string of the molecule is COC(=O)CCOCCOCCOCCO[Si](C)(C)C(C)(C)C. The summed E-state index contributed by atoms with van der Waals surface area (Å²) in [7, 11) is -0.307. The molecule has 6 nitrogen and oxygen atoms in total. The minimum absolute atomic E-state index is 0.226. The fourth-order valence-electron chi connectivity index (χ4n) is 1.37. The zero-order valence-corrected chi connectivity index (χ0v) is 16.6. The van der Waals surface area contributed by atoms with Gasteiger partial charge in [0.05, 0.1) is 59.8 Å². The van der Waals surface area contributed by atoms with Crippen molar-refractivity contribution in [3.05, 3.63) is 0 Å². The molecular formula is C16H34O6Si. The van der Waals surface area contributed by atoms with Gasteiger partial charge in [0.25, 0.3) is 0 Å². The van der Waals surface area contributed by atoms with Crippen molar-refractivity contribution in [3.8, 4) is 0 Å². The van der Waals surface area contributed by atoms with Gasteiger partial charge in [0, 0.05) is 0 Å². The number of ether oxygens (including phenoxy) is 4. The van der Waals surface area contributed by atoms with Crippen LogP contribution in [0.1, 0.15) is 27.2 Å². The van der Waals surface area contributed by atoms with Crippen molar-refractivity contribution in [1.82, 2.24) is 0 Å². The normalized spacial score (nSPS) is 12.4. The van der Waals surface area contributed by atoms with E-state index in [1.54, 1.807) is 0 Å². The Balaban J connectivity index is 3.33. The van der Waals surface area contributed by atoms with Crippen LogP contribution in [0.4, 0.5) is 0 Å². The van der Waals surface area contributed by atoms with Crippen LogP contribution in [0.15, 0.2) is 0 Å². The maximum atomic E-state index is 10.8. The molecule has 0 unspecified atom stereocenters. The molecule has 0 aromatic carbocycles. The van der Waals surface area contributed by atoms with Crippen LogP contribution in [-0.2, 0) is 28.2 Å². The monoisotopic (exact) mass is 350 g/mol. The first-order chi connectivity index (χ1) is 10.7. The smallest absolute Gasteiger partial charge is 0.307 e. The van der Waals surface area contributed by atoms with E-state index in [4.69, 9.17) is 18.6 Å². The van der Waals surface area contributed by atoms with Crippen LogP contribution in [-0.4, -0.2) is 67.6 Å². The van der Waals surface area contributed by atoms with Gasteiger partial charge in [0.1, 0.15) is 0 Å². The molecule has 0 radical (unpaired) electrons. The highest BCUT2D eigenvalue weighted by Crippen LogP contribution is 2.36. The lowest BCUT2D eigenvalue weighted by atomic mass is 10.2. The molecule has 0 amide bonds. The maximum absolute atomic E-state index is 10.8. The van der Waals surface area contributed by atoms with Crippen LogP contribution in [0.2, 0.25) is 18.1 Å². The summed E-state index contributed by atoms with van der Waals surface area (Å²) in [6.07, 6.45) is 0.272. The van der Waals surface area contributed by atoms with Crippen molar-refractivity contribution in [1.29, 1.82) is 0 Å². The number of hydrogen-bond donors (Lipinski definition) is 0. The number of hydrogen-bond acceptors (Lipinski definition) is 6. The summed E-state index contributed by atoms with van der Waals surface area (Å²) in [6, 6.07) is 0. The molecule has 138 valence electrons. The summed E-state index contributed by atoms with van der Waals surface area (Å²) in [6.45, 7) is 14.7. The van der Waals surface area contributed by atoms with Crippen LogP contribution < -0.4 is 0 Å². The molecule has 0 aliphatic heterocycles. The summed E-state index contributed by atoms with van der Waals surface area (Å²) < 4.78 is 26.6. The van der Waals surface area contributed by atoms with Gasteiger partial charge in [-0.3, -0.25) is 4.79 Å². The first-order valence-corrected chi connectivity index (χ1v) is 11.1. The van der Waals surface area contributed by atoms with Gasteiger partial charge in [-0.1, -0.05) is 20.8 Å². The Hall–Kier alpha value is -0.473. The van der Waals surface area contributed by atoms with E-state index in [0.29, 0.717) is 46.2 Å². The van der Waals surface area contributed by atoms with E-state index in [1.807, 2.05) is 0 Å². The molecule has 0 fully saturated rings. The summed E-state index contributed by atoms with van der Waals surface area (Å²) in [5.41, 5.74) is 0. The molecule has 0 heterocycles. The predicted molar refractivity (Wildman–Crippen MR) is 92.2 cm³/mol. The minimum atomic E-state index is -1.67. The van der Waals surface area contributed by atoms with Crippen molar-refractivity contribution in [2.24, 2.45) is 0 Å². The number of carbonyl (C=O) groups excluding carboxylic acids is 1. The first kappa shape index (κ1) is 22.5. The molecule has 0 N–H and O–H groups in total. The van der Waals surface area contributed by atoms with E-state index in [-0.39, 0.29) is 17.4 Å². The van der Waals surface area contributed by atoms with E-state index < -0.39 is 8.32 Å². The zero-order chi connectivity index (χ0) is 17.8. The van der Waals surface area contributed by atoms with Gasteiger partial charge in [-0.2, -0.15) is 0 Å². The highest BCUT2D eigenvalue weighted by Gasteiger charge is 2.36. The average molecular weight is 351 g/mol. The number of carbonyl (C=O) groups is 1. The molecule has 0 saturated heterocycles. The van der Waals surface area contributed by atoms with Crippen molar-refractivity contribution >= 4 is 14.3 Å². The van der Waals surface area contributed by atoms with E-state index in [1.165, 1.54) is 7.11 Å². The predicted octanol–water partition coefficient (Wildman–Crippen LogP) is 2.62. The molecule has 0 aliphatic rings. The third kappa shape index (κ3) is 11.7. The molecule has 0 rings (SSSR count). The van der Waals surface area contributed by atoms with E-state index in [9.17, 15) is 4.79 Å². The van der Waals surface area contributed by atoms with E-state index in [2.05, 4.69) is 38.6 Å². The summed E-state index contributed by atoms with van der Waals surface area (Å²) in [5, 5.41) is 0.226. The molecule has 0 bridgehead atoms. The third-order valence-corrected chi connectivity index (χ3v) is 8.46. The molecule has 0 aliphatic carbocycles. The lowest BCUT2D eigenvalue weighted by Gasteiger charge is -2.36. The molecule has 0 aromatic heterocycles. The van der Waals surface area contributed by atoms with Crippen molar-refractivity contribution < 1.29 is 28.2 Å². The fourth-order valence-corrected chi connectivity index (χ4v) is 2.40. The topological polar surface area (TPSA) is 63.2 Å². The zero-order valence-electron chi connectivity index (χ0n) is 15.6. The number of rotatable bonds is 13. The highest BCUT2D eigenvalue weighted by atomic mass is 28.4. The second-order valence-electron chi connectivity index (χ2n) is 6.77. The van der Waals surface area contributed by atoms with E-state index >= 15 is 0 Å². The van der Waals surface area contributed by atoms with Gasteiger partial charge in [0.2, 0.25) is 0 Å². The van der Waals surface area contributed by atoms with E-state index in [0.717, 1.165) is 0 Å². The Morgan fingerprint density at radius 1 is 0.826 bits per heavy atom. The van der Waals surface area contributed by atoms with Gasteiger partial charge in [0.15, 0.2) is 8.32 Å². The minimum Gasteiger partial charge on any atom is -0.469 e. The largest absolute Gasteiger partial charge is 0.469 e. The van der Waals surface area contributed by atoms with Crippen LogP contribution in [0.25, 0.3) is 0 Å². The van der Waals surface area contributed by atoms with Crippen LogP contribution in [0.3, 0.4) is 0 Å². The Kier molecular flexibility index (Phi) is 11.7. The second-order valence-corrected chi connectivity index (χ2v) is 11.6. The van der Waals surface area contributed by atoms with Crippen LogP contribution >= 0.6 is 0 Å². The van der Waals surface area contributed by atoms with Crippen molar-refractivity contribution in [2.75, 3.05) is 53.4 Å². The fraction of sp³-hybridized carbons (Fsp3) is 0.938. The average Bonchev–Trinajstić information content (AvgIpc) is 2.46. The second kappa shape index (κ2) is 12.0. The standard InChI is InChI=1S/C16H34O6Si/c1-16(2,3)23(5,6)22-14-13-21-12-11-20-10-9-19-8-7-15(17)18-4/h7-14H2,1-6H3. The van der Waals surface area contributed by atoms with Crippen LogP contribution in [0.5, 0.6) is 0 Å². The Bertz CT molecular complexity index is 314. The maximum Gasteiger partial charge on any atom is 0.307 e. The van der Waals surface area contributed by atoms with Gasteiger partial charge < -0.3 is 23.4 Å². The van der Waals surface area contributed by atoms with Crippen molar-refractivity contribution in [3.63, 3.8) is 0 Å². The van der Waals surface area contributed by atoms with Crippen LogP contribution in [0, 0.1) is 0 Å². The molecule has 7 heteroatoms. The molecule has 0 saturated carbocycles. The molecule has 23 heavy (non-hydrogen) atoms. The molecule has 0 atom stereocenters. The highest BCUT2D eigenvalue weighted by molar-refractivity contribution is 6.74. The summed E-state index contributed by atoms with van der Waals surface area (Å²) in [4.78, 5) is 10.8. The lowest BCUT2D eigenvalue weighted by Crippen LogP contribution is -2.41.